The molecule has 1 unspecified atom stereocenters. The van der Waals surface area contributed by atoms with Crippen molar-refractivity contribution in [3.63, 3.8) is 0 Å². The van der Waals surface area contributed by atoms with Crippen LogP contribution in [0, 0.1) is 32.4 Å². The Morgan fingerprint density at radius 3 is 2.31 bits per heavy atom. The molecule has 3 aromatic carbocycles. The monoisotopic (exact) mass is 513 g/mol. The fourth-order valence-electron chi connectivity index (χ4n) is 4.60. The Kier molecular flexibility index (Phi) is 6.57. The van der Waals surface area contributed by atoms with E-state index < -0.39 is 45.9 Å². The third-order valence-electron chi connectivity index (χ3n) is 6.12. The van der Waals surface area contributed by atoms with E-state index in [1.165, 1.54) is 7.05 Å². The van der Waals surface area contributed by atoms with Crippen molar-refractivity contribution in [2.45, 2.75) is 38.1 Å². The van der Waals surface area contributed by atoms with Crippen molar-refractivity contribution >= 4 is 38.9 Å². The number of hydrogen-bond acceptors (Lipinski definition) is 4. The zero-order valence-corrected chi connectivity index (χ0v) is 21.0. The summed E-state index contributed by atoms with van der Waals surface area (Å²) in [5, 5.41) is 2.67. The summed E-state index contributed by atoms with van der Waals surface area (Å²) in [6, 6.07) is 11.2. The smallest absolute Gasteiger partial charge is 0.265 e. The Balaban J connectivity index is 1.80. The number of sulfonamides is 1. The second-order valence-electron chi connectivity index (χ2n) is 8.80. The number of carbonyl (C=O) groups is 2. The van der Waals surface area contributed by atoms with Crippen LogP contribution in [0.25, 0.3) is 0 Å². The number of nitrogens with one attached hydrogen (secondary N) is 1. The van der Waals surface area contributed by atoms with Gasteiger partial charge in [0.2, 0.25) is 11.8 Å². The molecule has 0 aromatic heterocycles. The highest BCUT2D eigenvalue weighted by atomic mass is 32.2. The first-order valence-electron chi connectivity index (χ1n) is 11.2. The largest absolute Gasteiger partial charge is 0.322 e. The topological polar surface area (TPSA) is 86.8 Å². The van der Waals surface area contributed by atoms with E-state index in [0.717, 1.165) is 26.9 Å². The maximum Gasteiger partial charge on any atom is 0.265 e. The summed E-state index contributed by atoms with van der Waals surface area (Å²) < 4.78 is 56.8. The normalized spacial score (nSPS) is 15.3. The first-order chi connectivity index (χ1) is 16.9. The predicted octanol–water partition coefficient (Wildman–Crippen LogP) is 4.46. The van der Waals surface area contributed by atoms with E-state index in [4.69, 9.17) is 0 Å². The number of fused-ring (bicyclic) bond motifs is 1. The summed E-state index contributed by atoms with van der Waals surface area (Å²) in [6.07, 6.45) is -0.573. The number of carbonyl (C=O) groups excluding carboxylic acids is 2. The second kappa shape index (κ2) is 9.34. The summed E-state index contributed by atoms with van der Waals surface area (Å²) in [7, 11) is -3.03. The Bertz CT molecular complexity index is 1470. The minimum atomic E-state index is -4.31. The molecule has 10 heteroatoms. The molecule has 36 heavy (non-hydrogen) atoms. The highest BCUT2D eigenvalue weighted by molar-refractivity contribution is 7.93. The number of rotatable bonds is 5. The van der Waals surface area contributed by atoms with Crippen LogP contribution >= 0.6 is 0 Å². The van der Waals surface area contributed by atoms with Crippen molar-refractivity contribution in [1.29, 1.82) is 0 Å². The number of para-hydroxylation sites is 2. The number of hydrogen-bond donors (Lipinski definition) is 1. The number of aryl methyl sites for hydroxylation is 3. The van der Waals surface area contributed by atoms with Gasteiger partial charge in [0.1, 0.15) is 17.7 Å². The van der Waals surface area contributed by atoms with Gasteiger partial charge in [0, 0.05) is 13.1 Å². The standard InChI is InChI=1S/C26H25F2N3O4S/c1-15-11-16(2)25(17(3)12-15)36(34,35)31-22-8-6-5-7-20(22)29-26(33)23(31)14-24(32)30(4)21-10-9-18(27)13-19(21)28/h5-13,23H,14H2,1-4H3,(H,29,33). The number of anilines is 3. The average molecular weight is 514 g/mol. The van der Waals surface area contributed by atoms with Gasteiger partial charge in [0.05, 0.1) is 28.4 Å². The molecule has 1 aliphatic rings. The number of halogens is 2. The fourth-order valence-corrected chi connectivity index (χ4v) is 6.65. The van der Waals surface area contributed by atoms with E-state index in [1.54, 1.807) is 50.2 Å². The van der Waals surface area contributed by atoms with Crippen molar-refractivity contribution in [3.8, 4) is 0 Å². The molecule has 0 saturated heterocycles. The van der Waals surface area contributed by atoms with Crippen molar-refractivity contribution in [3.05, 3.63) is 82.9 Å². The molecule has 1 N–H and O–H groups in total. The Hall–Kier alpha value is -3.79. The molecule has 0 spiro atoms. The molecule has 0 radical (unpaired) electrons. The molecule has 4 rings (SSSR count). The van der Waals surface area contributed by atoms with E-state index in [9.17, 15) is 26.8 Å². The van der Waals surface area contributed by atoms with Gasteiger partial charge in [-0.25, -0.2) is 17.2 Å². The maximum atomic E-state index is 14.3. The van der Waals surface area contributed by atoms with Gasteiger partial charge in [0.15, 0.2) is 0 Å². The van der Waals surface area contributed by atoms with Gasteiger partial charge in [-0.1, -0.05) is 29.8 Å². The molecule has 0 fully saturated rings. The van der Waals surface area contributed by atoms with Gasteiger partial charge in [0.25, 0.3) is 10.0 Å². The van der Waals surface area contributed by atoms with Gasteiger partial charge < -0.3 is 10.2 Å². The van der Waals surface area contributed by atoms with Gasteiger partial charge >= 0.3 is 0 Å². The minimum absolute atomic E-state index is 0.0491. The lowest BCUT2D eigenvalue weighted by Gasteiger charge is -2.37. The molecule has 1 heterocycles. The molecule has 7 nitrogen and oxygen atoms in total. The van der Waals surface area contributed by atoms with E-state index in [-0.39, 0.29) is 22.0 Å². The van der Waals surface area contributed by atoms with Crippen LogP contribution in [0.15, 0.2) is 59.5 Å². The number of amides is 2. The third-order valence-corrected chi connectivity index (χ3v) is 8.25. The third kappa shape index (κ3) is 4.44. The van der Waals surface area contributed by atoms with Gasteiger partial charge in [-0.3, -0.25) is 13.9 Å². The molecule has 3 aromatic rings. The zero-order chi connectivity index (χ0) is 26.4. The van der Waals surface area contributed by atoms with Crippen LogP contribution in [0.3, 0.4) is 0 Å². The van der Waals surface area contributed by atoms with Crippen LogP contribution in [-0.4, -0.2) is 33.3 Å². The van der Waals surface area contributed by atoms with E-state index in [1.807, 2.05) is 6.92 Å². The molecule has 0 bridgehead atoms. The van der Waals surface area contributed by atoms with Crippen molar-refractivity contribution < 1.29 is 26.8 Å². The summed E-state index contributed by atoms with van der Waals surface area (Å²) in [6.45, 7) is 5.20. The first-order valence-corrected chi connectivity index (χ1v) is 12.6. The Morgan fingerprint density at radius 2 is 1.67 bits per heavy atom. The van der Waals surface area contributed by atoms with Crippen LogP contribution in [0.5, 0.6) is 0 Å². The molecule has 188 valence electrons. The Morgan fingerprint density at radius 1 is 1.03 bits per heavy atom. The summed E-state index contributed by atoms with van der Waals surface area (Å²) in [5.74, 6) is -3.18. The average Bonchev–Trinajstić information content (AvgIpc) is 2.78. The lowest BCUT2D eigenvalue weighted by Crippen LogP contribution is -2.53. The van der Waals surface area contributed by atoms with Crippen molar-refractivity contribution in [2.24, 2.45) is 0 Å². The van der Waals surface area contributed by atoms with Crippen LogP contribution in [0.4, 0.5) is 25.8 Å². The number of nitrogens with zero attached hydrogens (tertiary/aromatic N) is 2. The zero-order valence-electron chi connectivity index (χ0n) is 20.2. The maximum absolute atomic E-state index is 14.3. The molecule has 0 saturated carbocycles. The molecule has 2 amide bonds. The van der Waals surface area contributed by atoms with E-state index in [2.05, 4.69) is 5.32 Å². The van der Waals surface area contributed by atoms with Crippen LogP contribution < -0.4 is 14.5 Å². The molecule has 1 aliphatic heterocycles. The lowest BCUT2D eigenvalue weighted by atomic mass is 10.1. The van der Waals surface area contributed by atoms with Crippen molar-refractivity contribution in [2.75, 3.05) is 21.6 Å². The predicted molar refractivity (Wildman–Crippen MR) is 134 cm³/mol. The van der Waals surface area contributed by atoms with Crippen molar-refractivity contribution in [1.82, 2.24) is 0 Å². The highest BCUT2D eigenvalue weighted by Gasteiger charge is 2.43. The Labute approximate surface area is 208 Å². The molecule has 1 atom stereocenters. The summed E-state index contributed by atoms with van der Waals surface area (Å²) in [4.78, 5) is 27.3. The quantitative estimate of drug-likeness (QED) is 0.546. The molecular weight excluding hydrogens is 488 g/mol. The highest BCUT2D eigenvalue weighted by Crippen LogP contribution is 2.39. The van der Waals surface area contributed by atoms with Gasteiger partial charge in [-0.05, 0) is 56.2 Å². The van der Waals surface area contributed by atoms with Gasteiger partial charge in [-0.15, -0.1) is 0 Å². The van der Waals surface area contributed by atoms with Gasteiger partial charge in [-0.2, -0.15) is 0 Å². The molecule has 0 aliphatic carbocycles. The van der Waals surface area contributed by atoms with Crippen LogP contribution in [-0.2, 0) is 19.6 Å². The minimum Gasteiger partial charge on any atom is -0.322 e. The summed E-state index contributed by atoms with van der Waals surface area (Å²) >= 11 is 0. The van der Waals surface area contributed by atoms with Crippen LogP contribution in [0.2, 0.25) is 0 Å². The molecular formula is C26H25F2N3O4S. The lowest BCUT2D eigenvalue weighted by molar-refractivity contribution is -0.123. The fraction of sp³-hybridized carbons (Fsp3) is 0.231. The first kappa shape index (κ1) is 25.3. The SMILES string of the molecule is Cc1cc(C)c(S(=O)(=O)N2c3ccccc3NC(=O)C2CC(=O)N(C)c2ccc(F)cc2F)c(C)c1. The van der Waals surface area contributed by atoms with E-state index >= 15 is 0 Å². The second-order valence-corrected chi connectivity index (χ2v) is 10.6. The summed E-state index contributed by atoms with van der Waals surface area (Å²) in [5.41, 5.74) is 2.20. The number of benzene rings is 3. The van der Waals surface area contributed by atoms with E-state index in [0.29, 0.717) is 17.2 Å². The van der Waals surface area contributed by atoms with Crippen LogP contribution in [0.1, 0.15) is 23.1 Å².